The third-order valence-electron chi connectivity index (χ3n) is 10.6. The van der Waals surface area contributed by atoms with Gasteiger partial charge in [0.15, 0.2) is 0 Å². The number of hydrogen-bond donors (Lipinski definition) is 0. The lowest BCUT2D eigenvalue weighted by atomic mass is 9.66. The monoisotopic (exact) mass is 487 g/mol. The fraction of sp³-hybridized carbons (Fsp3) is 0.969. The molecule has 0 amide bonds. The smallest absolute Gasteiger partial charge is 0.306 e. The Balaban J connectivity index is 1.43. The summed E-state index contributed by atoms with van der Waals surface area (Å²) in [5.74, 6) is 4.26. The van der Waals surface area contributed by atoms with Crippen molar-refractivity contribution in [3.63, 3.8) is 0 Å². The number of nitrogens with zero attached hydrogens (tertiary/aromatic N) is 1. The Morgan fingerprint density at radius 1 is 0.686 bits per heavy atom. The van der Waals surface area contributed by atoms with Crippen LogP contribution in [0, 0.1) is 29.6 Å². The summed E-state index contributed by atoms with van der Waals surface area (Å²) in [6.45, 7) is 5.15. The van der Waals surface area contributed by atoms with E-state index in [1.807, 2.05) is 6.92 Å². The van der Waals surface area contributed by atoms with Crippen molar-refractivity contribution in [2.75, 3.05) is 19.7 Å². The second kappa shape index (κ2) is 15.0. The first-order valence-corrected chi connectivity index (χ1v) is 16.1. The van der Waals surface area contributed by atoms with Crippen LogP contribution in [0.3, 0.4) is 0 Å². The highest BCUT2D eigenvalue weighted by Crippen LogP contribution is 2.44. The SMILES string of the molecule is CCOC(=O)C[C@@H]1CC[C@@H](N(CCC2CCCCC2)CCC2CCCCC2)[C@H](C2CCCCC2)C1. The highest BCUT2D eigenvalue weighted by Gasteiger charge is 2.39. The summed E-state index contributed by atoms with van der Waals surface area (Å²) in [7, 11) is 0. The lowest BCUT2D eigenvalue weighted by molar-refractivity contribution is -0.145. The van der Waals surface area contributed by atoms with Gasteiger partial charge in [-0.3, -0.25) is 4.79 Å². The minimum absolute atomic E-state index is 0.0461. The molecular formula is C32H57NO2. The fourth-order valence-electron chi connectivity index (χ4n) is 8.54. The minimum atomic E-state index is 0.0461. The number of ether oxygens (including phenoxy) is 1. The quantitative estimate of drug-likeness (QED) is 0.273. The van der Waals surface area contributed by atoms with Crippen molar-refractivity contribution in [2.45, 2.75) is 148 Å². The number of esters is 1. The maximum absolute atomic E-state index is 12.3. The van der Waals surface area contributed by atoms with E-state index in [2.05, 4.69) is 4.90 Å². The Kier molecular flexibility index (Phi) is 11.8. The maximum atomic E-state index is 12.3. The standard InChI is InChI=1S/C32H57NO2/c1-2-35-32(34)25-28-18-19-31(30(24-28)29-16-10-5-11-17-29)33(22-20-26-12-6-3-7-13-26)23-21-27-14-8-4-9-15-27/h26-31H,2-25H2,1H3/t28-,30+,31-/m1/s1. The van der Waals surface area contributed by atoms with Gasteiger partial charge in [-0.25, -0.2) is 0 Å². The zero-order valence-corrected chi connectivity index (χ0v) is 23.2. The molecule has 0 radical (unpaired) electrons. The Hall–Kier alpha value is -0.570. The number of carbonyl (C=O) groups excluding carboxylic acids is 1. The van der Waals surface area contributed by atoms with E-state index in [1.165, 1.54) is 142 Å². The van der Waals surface area contributed by atoms with Gasteiger partial charge in [0.1, 0.15) is 0 Å². The zero-order valence-electron chi connectivity index (χ0n) is 23.2. The van der Waals surface area contributed by atoms with E-state index in [-0.39, 0.29) is 5.97 Å². The Morgan fingerprint density at radius 2 is 1.23 bits per heavy atom. The Labute approximate surface area is 217 Å². The van der Waals surface area contributed by atoms with Crippen LogP contribution < -0.4 is 0 Å². The summed E-state index contributed by atoms with van der Waals surface area (Å²) in [6.07, 6.45) is 29.3. The molecule has 0 heterocycles. The van der Waals surface area contributed by atoms with Gasteiger partial charge in [-0.1, -0.05) is 96.3 Å². The van der Waals surface area contributed by atoms with Crippen molar-refractivity contribution >= 4 is 5.97 Å². The fourth-order valence-corrected chi connectivity index (χ4v) is 8.54. The van der Waals surface area contributed by atoms with Gasteiger partial charge in [0.25, 0.3) is 0 Å². The molecule has 0 aromatic rings. The second-order valence-corrected chi connectivity index (χ2v) is 12.9. The van der Waals surface area contributed by atoms with Crippen LogP contribution in [0.15, 0.2) is 0 Å². The lowest BCUT2D eigenvalue weighted by Crippen LogP contribution is -2.48. The second-order valence-electron chi connectivity index (χ2n) is 12.9. The van der Waals surface area contributed by atoms with Crippen molar-refractivity contribution in [3.05, 3.63) is 0 Å². The van der Waals surface area contributed by atoms with Crippen molar-refractivity contribution in [1.29, 1.82) is 0 Å². The van der Waals surface area contributed by atoms with Crippen LogP contribution in [0.2, 0.25) is 0 Å². The minimum Gasteiger partial charge on any atom is -0.466 e. The molecule has 0 saturated heterocycles. The van der Waals surface area contributed by atoms with Gasteiger partial charge < -0.3 is 9.64 Å². The van der Waals surface area contributed by atoms with Crippen molar-refractivity contribution < 1.29 is 9.53 Å². The van der Waals surface area contributed by atoms with Crippen molar-refractivity contribution in [1.82, 2.24) is 4.90 Å². The summed E-state index contributed by atoms with van der Waals surface area (Å²) in [4.78, 5) is 15.4. The summed E-state index contributed by atoms with van der Waals surface area (Å²) < 4.78 is 5.36. The molecule has 0 bridgehead atoms. The summed E-state index contributed by atoms with van der Waals surface area (Å²) >= 11 is 0. The lowest BCUT2D eigenvalue weighted by Gasteiger charge is -2.47. The van der Waals surface area contributed by atoms with Gasteiger partial charge in [-0.05, 0) is 81.7 Å². The number of carbonyl (C=O) groups is 1. The van der Waals surface area contributed by atoms with E-state index in [0.29, 0.717) is 18.9 Å². The molecule has 0 spiro atoms. The predicted molar refractivity (Wildman–Crippen MR) is 146 cm³/mol. The van der Waals surface area contributed by atoms with Gasteiger partial charge in [0.2, 0.25) is 0 Å². The van der Waals surface area contributed by atoms with Crippen LogP contribution in [-0.2, 0) is 9.53 Å². The highest BCUT2D eigenvalue weighted by molar-refractivity contribution is 5.69. The van der Waals surface area contributed by atoms with Crippen molar-refractivity contribution in [3.8, 4) is 0 Å². The molecule has 3 nitrogen and oxygen atoms in total. The Bertz CT molecular complexity index is 566. The molecule has 0 aliphatic heterocycles. The molecule has 35 heavy (non-hydrogen) atoms. The topological polar surface area (TPSA) is 29.5 Å². The molecule has 4 aliphatic carbocycles. The average molecular weight is 488 g/mol. The maximum Gasteiger partial charge on any atom is 0.306 e. The van der Waals surface area contributed by atoms with E-state index in [1.54, 1.807) is 0 Å². The molecule has 0 N–H and O–H groups in total. The largest absolute Gasteiger partial charge is 0.466 e. The van der Waals surface area contributed by atoms with Crippen LogP contribution in [-0.4, -0.2) is 36.6 Å². The van der Waals surface area contributed by atoms with Gasteiger partial charge in [0.05, 0.1) is 6.61 Å². The van der Waals surface area contributed by atoms with Gasteiger partial charge in [-0.2, -0.15) is 0 Å². The molecule has 4 saturated carbocycles. The van der Waals surface area contributed by atoms with Crippen LogP contribution >= 0.6 is 0 Å². The first-order chi connectivity index (χ1) is 17.2. The van der Waals surface area contributed by atoms with Crippen LogP contribution in [0.25, 0.3) is 0 Å². The van der Waals surface area contributed by atoms with Gasteiger partial charge in [-0.15, -0.1) is 0 Å². The normalized spacial score (nSPS) is 29.9. The predicted octanol–water partition coefficient (Wildman–Crippen LogP) is 8.55. The van der Waals surface area contributed by atoms with E-state index < -0.39 is 0 Å². The number of rotatable bonds is 11. The van der Waals surface area contributed by atoms with E-state index in [0.717, 1.165) is 29.7 Å². The van der Waals surface area contributed by atoms with Gasteiger partial charge >= 0.3 is 5.97 Å². The summed E-state index contributed by atoms with van der Waals surface area (Å²) in [5.41, 5.74) is 0. The van der Waals surface area contributed by atoms with Crippen LogP contribution in [0.4, 0.5) is 0 Å². The molecule has 3 atom stereocenters. The molecule has 202 valence electrons. The zero-order chi connectivity index (χ0) is 24.3. The summed E-state index contributed by atoms with van der Waals surface area (Å²) in [5, 5.41) is 0. The third kappa shape index (κ3) is 8.75. The number of hydrogen-bond acceptors (Lipinski definition) is 3. The third-order valence-corrected chi connectivity index (χ3v) is 10.6. The van der Waals surface area contributed by atoms with Crippen LogP contribution in [0.5, 0.6) is 0 Å². The molecule has 0 unspecified atom stereocenters. The average Bonchev–Trinajstić information content (AvgIpc) is 2.91. The molecule has 0 aromatic heterocycles. The Morgan fingerprint density at radius 3 is 1.77 bits per heavy atom. The molecule has 4 rings (SSSR count). The highest BCUT2D eigenvalue weighted by atomic mass is 16.5. The molecule has 0 aromatic carbocycles. The molecule has 3 heteroatoms. The molecular weight excluding hydrogens is 430 g/mol. The first-order valence-electron chi connectivity index (χ1n) is 16.1. The van der Waals surface area contributed by atoms with Crippen molar-refractivity contribution in [2.24, 2.45) is 29.6 Å². The van der Waals surface area contributed by atoms with E-state index >= 15 is 0 Å². The summed E-state index contributed by atoms with van der Waals surface area (Å²) in [6, 6.07) is 0.767. The van der Waals surface area contributed by atoms with E-state index in [9.17, 15) is 4.79 Å². The first kappa shape index (κ1) is 27.5. The van der Waals surface area contributed by atoms with Crippen LogP contribution in [0.1, 0.15) is 142 Å². The van der Waals surface area contributed by atoms with Gasteiger partial charge in [0, 0.05) is 12.5 Å². The molecule has 4 fully saturated rings. The van der Waals surface area contributed by atoms with E-state index in [4.69, 9.17) is 4.74 Å². The molecule has 4 aliphatic rings.